The summed E-state index contributed by atoms with van der Waals surface area (Å²) in [6.45, 7) is 0. The van der Waals surface area contributed by atoms with E-state index >= 15 is 0 Å². The van der Waals surface area contributed by atoms with Crippen LogP contribution in [0.5, 0.6) is 0 Å². The average Bonchev–Trinajstić information content (AvgIpc) is 3.85. The molecule has 3 aromatic heterocycles. The van der Waals surface area contributed by atoms with Crippen LogP contribution < -0.4 is 4.90 Å². The van der Waals surface area contributed by atoms with Crippen LogP contribution in [0.2, 0.25) is 0 Å². The van der Waals surface area contributed by atoms with Gasteiger partial charge in [0.1, 0.15) is 11.2 Å². The second kappa shape index (κ2) is 13.7. The molecule has 6 heteroatoms. The first-order valence-corrected chi connectivity index (χ1v) is 19.7. The van der Waals surface area contributed by atoms with Gasteiger partial charge in [-0.15, -0.1) is 11.3 Å². The Morgan fingerprint density at radius 1 is 0.368 bits per heavy atom. The van der Waals surface area contributed by atoms with Crippen LogP contribution in [0, 0.1) is 0 Å². The Kier molecular flexibility index (Phi) is 7.93. The first kappa shape index (κ1) is 33.0. The van der Waals surface area contributed by atoms with Crippen LogP contribution in [0.3, 0.4) is 0 Å². The summed E-state index contributed by atoms with van der Waals surface area (Å²) in [6.07, 6.45) is 0. The zero-order valence-electron chi connectivity index (χ0n) is 30.6. The van der Waals surface area contributed by atoms with Gasteiger partial charge in [-0.2, -0.15) is 0 Å². The van der Waals surface area contributed by atoms with Gasteiger partial charge in [0, 0.05) is 65.1 Å². The van der Waals surface area contributed by atoms with Crippen molar-refractivity contribution in [2.75, 3.05) is 4.90 Å². The van der Waals surface area contributed by atoms with E-state index in [1.807, 2.05) is 96.3 Å². The van der Waals surface area contributed by atoms with E-state index in [0.717, 1.165) is 61.3 Å². The quantitative estimate of drug-likeness (QED) is 0.162. The molecule has 0 aliphatic rings. The summed E-state index contributed by atoms with van der Waals surface area (Å²) in [5.41, 5.74) is 9.54. The number of para-hydroxylation sites is 1. The van der Waals surface area contributed by atoms with Gasteiger partial charge >= 0.3 is 0 Å². The van der Waals surface area contributed by atoms with Crippen LogP contribution in [-0.2, 0) is 0 Å². The van der Waals surface area contributed by atoms with Crippen molar-refractivity contribution >= 4 is 70.5 Å². The topological polar surface area (TPSA) is 55.1 Å². The van der Waals surface area contributed by atoms with E-state index in [1.165, 1.54) is 25.7 Å². The first-order chi connectivity index (χ1) is 28.2. The van der Waals surface area contributed by atoms with Crippen molar-refractivity contribution < 1.29 is 4.42 Å². The van der Waals surface area contributed by atoms with Crippen LogP contribution in [0.1, 0.15) is 0 Å². The molecule has 3 heterocycles. The van der Waals surface area contributed by atoms with Crippen molar-refractivity contribution in [1.29, 1.82) is 0 Å². The van der Waals surface area contributed by atoms with Gasteiger partial charge in [0.15, 0.2) is 17.5 Å². The monoisotopic (exact) mass is 748 g/mol. The van der Waals surface area contributed by atoms with Gasteiger partial charge in [-0.05, 0) is 59.7 Å². The second-order valence-corrected chi connectivity index (χ2v) is 15.1. The van der Waals surface area contributed by atoms with Crippen molar-refractivity contribution in [3.05, 3.63) is 194 Å². The van der Waals surface area contributed by atoms with E-state index in [4.69, 9.17) is 19.4 Å². The highest BCUT2D eigenvalue weighted by molar-refractivity contribution is 7.25. The average molecular weight is 749 g/mol. The van der Waals surface area contributed by atoms with Gasteiger partial charge in [0.25, 0.3) is 0 Å². The van der Waals surface area contributed by atoms with Crippen molar-refractivity contribution in [3.8, 4) is 45.3 Å². The largest absolute Gasteiger partial charge is 0.456 e. The number of hydrogen-bond acceptors (Lipinski definition) is 6. The molecule has 268 valence electrons. The summed E-state index contributed by atoms with van der Waals surface area (Å²) in [5, 5.41) is 4.43. The molecule has 0 saturated carbocycles. The van der Waals surface area contributed by atoms with Crippen LogP contribution in [0.25, 0.3) is 87.4 Å². The van der Waals surface area contributed by atoms with Crippen LogP contribution in [0.4, 0.5) is 17.1 Å². The lowest BCUT2D eigenvalue weighted by atomic mass is 10.0. The normalized spacial score (nSPS) is 11.5. The maximum Gasteiger partial charge on any atom is 0.164 e. The van der Waals surface area contributed by atoms with Gasteiger partial charge in [-0.25, -0.2) is 15.0 Å². The molecule has 0 bridgehead atoms. The Bertz CT molecular complexity index is 3170. The van der Waals surface area contributed by atoms with Crippen LogP contribution in [-0.4, -0.2) is 15.0 Å². The molecular formula is C51H32N4OS. The SMILES string of the molecule is c1ccc(-c2ccc(N(c3cc(-c4nc(-c5ccccc5)nc(-c5ccccc5)n4)c4c(c3)oc3ccccc34)c3ccc4sc5ccccc5c4c3)cc2)cc1. The minimum absolute atomic E-state index is 0.569. The fraction of sp³-hybridized carbons (Fsp3) is 0. The Labute approximate surface area is 332 Å². The summed E-state index contributed by atoms with van der Waals surface area (Å²) in [7, 11) is 0. The molecule has 8 aromatic carbocycles. The van der Waals surface area contributed by atoms with Gasteiger partial charge in [0.2, 0.25) is 0 Å². The molecule has 0 atom stereocenters. The second-order valence-electron chi connectivity index (χ2n) is 14.0. The van der Waals surface area contributed by atoms with E-state index < -0.39 is 0 Å². The molecule has 0 unspecified atom stereocenters. The predicted molar refractivity (Wildman–Crippen MR) is 236 cm³/mol. The molecule has 0 aliphatic carbocycles. The van der Waals surface area contributed by atoms with Gasteiger partial charge in [0.05, 0.1) is 5.69 Å². The van der Waals surface area contributed by atoms with Crippen molar-refractivity contribution in [2.45, 2.75) is 0 Å². The number of thiophene rings is 1. The van der Waals surface area contributed by atoms with Crippen LogP contribution in [0.15, 0.2) is 199 Å². The summed E-state index contributed by atoms with van der Waals surface area (Å²) in [4.78, 5) is 17.8. The first-order valence-electron chi connectivity index (χ1n) is 18.9. The Morgan fingerprint density at radius 3 is 1.61 bits per heavy atom. The number of rotatable bonds is 7. The molecular weight excluding hydrogens is 717 g/mol. The summed E-state index contributed by atoms with van der Waals surface area (Å²) >= 11 is 1.82. The molecule has 0 N–H and O–H groups in total. The number of furan rings is 1. The molecule has 0 radical (unpaired) electrons. The van der Waals surface area contributed by atoms with Gasteiger partial charge < -0.3 is 9.32 Å². The highest BCUT2D eigenvalue weighted by atomic mass is 32.1. The Hall–Kier alpha value is -7.41. The molecule has 0 fully saturated rings. The van der Waals surface area contributed by atoms with Gasteiger partial charge in [-0.1, -0.05) is 140 Å². The molecule has 0 saturated heterocycles. The molecule has 0 spiro atoms. The lowest BCUT2D eigenvalue weighted by Crippen LogP contribution is -2.10. The molecule has 0 aliphatic heterocycles. The zero-order chi connectivity index (χ0) is 37.7. The number of fused-ring (bicyclic) bond motifs is 6. The third-order valence-corrected chi connectivity index (χ3v) is 11.7. The third kappa shape index (κ3) is 5.91. The standard InChI is InChI=1S/C51H32N4OS/c1-4-14-33(15-5-1)34-24-26-37(27-25-34)55(38-28-29-47-42(30-38)40-20-11-13-23-46(40)57-47)39-31-43(48-41-21-10-12-22-44(41)56-45(48)32-39)51-53-49(35-16-6-2-7-17-35)52-50(54-51)36-18-8-3-9-19-36/h1-32H. The number of benzene rings is 8. The number of anilines is 3. The smallest absolute Gasteiger partial charge is 0.164 e. The lowest BCUT2D eigenvalue weighted by molar-refractivity contribution is 0.669. The Morgan fingerprint density at radius 2 is 0.912 bits per heavy atom. The maximum absolute atomic E-state index is 6.70. The summed E-state index contributed by atoms with van der Waals surface area (Å²) in [5.74, 6) is 1.78. The van der Waals surface area contributed by atoms with Gasteiger partial charge in [-0.3, -0.25) is 0 Å². The minimum Gasteiger partial charge on any atom is -0.456 e. The number of hydrogen-bond donors (Lipinski definition) is 0. The zero-order valence-corrected chi connectivity index (χ0v) is 31.4. The van der Waals surface area contributed by atoms with E-state index in [0.29, 0.717) is 17.5 Å². The summed E-state index contributed by atoms with van der Waals surface area (Å²) < 4.78 is 9.22. The molecule has 57 heavy (non-hydrogen) atoms. The molecule has 5 nitrogen and oxygen atoms in total. The highest BCUT2D eigenvalue weighted by Gasteiger charge is 2.23. The molecule has 0 amide bonds. The fourth-order valence-electron chi connectivity index (χ4n) is 7.81. The fourth-order valence-corrected chi connectivity index (χ4v) is 8.89. The van der Waals surface area contributed by atoms with Crippen LogP contribution >= 0.6 is 11.3 Å². The maximum atomic E-state index is 6.70. The van der Waals surface area contributed by atoms with Crippen molar-refractivity contribution in [3.63, 3.8) is 0 Å². The van der Waals surface area contributed by atoms with Crippen molar-refractivity contribution in [2.24, 2.45) is 0 Å². The summed E-state index contributed by atoms with van der Waals surface area (Å²) in [6, 6.07) is 67.5. The predicted octanol–water partition coefficient (Wildman–Crippen LogP) is 14.3. The third-order valence-electron chi connectivity index (χ3n) is 10.5. The van der Waals surface area contributed by atoms with Crippen molar-refractivity contribution in [1.82, 2.24) is 15.0 Å². The lowest BCUT2D eigenvalue weighted by Gasteiger charge is -2.26. The minimum atomic E-state index is 0.569. The van der Waals surface area contributed by atoms with E-state index in [9.17, 15) is 0 Å². The van der Waals surface area contributed by atoms with E-state index in [2.05, 4.69) is 114 Å². The number of nitrogens with zero attached hydrogens (tertiary/aromatic N) is 4. The Balaban J connectivity index is 1.18. The molecule has 11 aromatic rings. The number of aromatic nitrogens is 3. The van der Waals surface area contributed by atoms with E-state index in [-0.39, 0.29) is 0 Å². The molecule has 11 rings (SSSR count). The highest BCUT2D eigenvalue weighted by Crippen LogP contribution is 2.45. The van der Waals surface area contributed by atoms with E-state index in [1.54, 1.807) is 0 Å².